The molecule has 3 nitrogen and oxygen atoms in total. The first kappa shape index (κ1) is 15.0. The molecule has 20 heavy (non-hydrogen) atoms. The van der Waals surface area contributed by atoms with Gasteiger partial charge in [0.15, 0.2) is 5.78 Å². The first-order chi connectivity index (χ1) is 9.38. The molecule has 1 heterocycles. The van der Waals surface area contributed by atoms with E-state index >= 15 is 0 Å². The third-order valence-corrected chi connectivity index (χ3v) is 3.52. The molecule has 1 aromatic heterocycles. The second-order valence-electron chi connectivity index (χ2n) is 4.98. The Morgan fingerprint density at radius 2 is 1.90 bits per heavy atom. The molecule has 0 aliphatic carbocycles. The zero-order valence-corrected chi connectivity index (χ0v) is 13.5. The van der Waals surface area contributed by atoms with Crippen molar-refractivity contribution in [1.29, 1.82) is 0 Å². The van der Waals surface area contributed by atoms with E-state index in [2.05, 4.69) is 26.2 Å². The number of Topliss-reactive ketones (excluding diaryl/α,β-unsaturated/α-hetero) is 1. The number of hydrogen-bond acceptors (Lipinski definition) is 3. The molecule has 0 amide bonds. The number of ketones is 1. The maximum atomic E-state index is 12.5. The summed E-state index contributed by atoms with van der Waals surface area (Å²) >= 11 is 9.17. The van der Waals surface area contributed by atoms with Crippen molar-refractivity contribution in [2.24, 2.45) is 0 Å². The standard InChI is InChI=1S/C15H14BrClN2O/c1-15(2,19-13-5-3-12(17)4-6-13)14(20)10-7-11(16)9-18-8-10/h3-9,19H,1-2H3. The van der Waals surface area contributed by atoms with Crippen molar-refractivity contribution in [3.63, 3.8) is 0 Å². The third-order valence-electron chi connectivity index (χ3n) is 2.84. The van der Waals surface area contributed by atoms with Crippen molar-refractivity contribution in [2.75, 3.05) is 5.32 Å². The van der Waals surface area contributed by atoms with E-state index in [-0.39, 0.29) is 5.78 Å². The fourth-order valence-corrected chi connectivity index (χ4v) is 2.34. The van der Waals surface area contributed by atoms with Crippen LogP contribution in [0, 0.1) is 0 Å². The summed E-state index contributed by atoms with van der Waals surface area (Å²) in [6.07, 6.45) is 3.22. The monoisotopic (exact) mass is 352 g/mol. The van der Waals surface area contributed by atoms with Crippen molar-refractivity contribution in [3.8, 4) is 0 Å². The van der Waals surface area contributed by atoms with E-state index in [4.69, 9.17) is 11.6 Å². The van der Waals surface area contributed by atoms with E-state index in [0.29, 0.717) is 10.6 Å². The van der Waals surface area contributed by atoms with Gasteiger partial charge in [-0.2, -0.15) is 0 Å². The van der Waals surface area contributed by atoms with Gasteiger partial charge in [0, 0.05) is 33.1 Å². The summed E-state index contributed by atoms with van der Waals surface area (Å²) in [6, 6.07) is 9.02. The number of aromatic nitrogens is 1. The molecular formula is C15H14BrClN2O. The van der Waals surface area contributed by atoms with E-state index in [1.54, 1.807) is 30.6 Å². The fraction of sp³-hybridized carbons (Fsp3) is 0.200. The lowest BCUT2D eigenvalue weighted by Gasteiger charge is -2.26. The van der Waals surface area contributed by atoms with Gasteiger partial charge < -0.3 is 5.32 Å². The highest BCUT2D eigenvalue weighted by Crippen LogP contribution is 2.22. The molecule has 1 N–H and O–H groups in total. The van der Waals surface area contributed by atoms with Crippen LogP contribution in [-0.4, -0.2) is 16.3 Å². The average molecular weight is 354 g/mol. The summed E-state index contributed by atoms with van der Waals surface area (Å²) in [5, 5.41) is 3.87. The zero-order chi connectivity index (χ0) is 14.8. The van der Waals surface area contributed by atoms with Crippen LogP contribution in [0.4, 0.5) is 5.69 Å². The van der Waals surface area contributed by atoms with Crippen molar-refractivity contribution in [2.45, 2.75) is 19.4 Å². The Balaban J connectivity index is 2.21. The molecule has 0 atom stereocenters. The molecule has 1 aromatic carbocycles. The van der Waals surface area contributed by atoms with Gasteiger partial charge >= 0.3 is 0 Å². The second-order valence-corrected chi connectivity index (χ2v) is 6.33. The third kappa shape index (κ3) is 3.58. The first-order valence-electron chi connectivity index (χ1n) is 6.07. The van der Waals surface area contributed by atoms with Crippen molar-refractivity contribution >= 4 is 39.0 Å². The highest BCUT2D eigenvalue weighted by Gasteiger charge is 2.28. The molecule has 2 rings (SSSR count). The minimum absolute atomic E-state index is 0.0266. The van der Waals surface area contributed by atoms with Crippen LogP contribution in [0.1, 0.15) is 24.2 Å². The number of nitrogens with zero attached hydrogens (tertiary/aromatic N) is 1. The van der Waals surface area contributed by atoms with Gasteiger partial charge in [-0.1, -0.05) is 11.6 Å². The number of pyridine rings is 1. The topological polar surface area (TPSA) is 42.0 Å². The Labute approximate surface area is 131 Å². The molecule has 2 aromatic rings. The van der Waals surface area contributed by atoms with Crippen LogP contribution in [-0.2, 0) is 0 Å². The number of rotatable bonds is 4. The van der Waals surface area contributed by atoms with Gasteiger partial charge in [0.05, 0.1) is 5.54 Å². The van der Waals surface area contributed by atoms with Gasteiger partial charge in [-0.25, -0.2) is 0 Å². The van der Waals surface area contributed by atoms with Crippen molar-refractivity contribution in [3.05, 3.63) is 57.8 Å². The molecule has 5 heteroatoms. The SMILES string of the molecule is CC(C)(Nc1ccc(Cl)cc1)C(=O)c1cncc(Br)c1. The summed E-state index contributed by atoms with van der Waals surface area (Å²) in [7, 11) is 0. The molecule has 0 saturated carbocycles. The molecule has 0 saturated heterocycles. The second kappa shape index (κ2) is 5.94. The minimum Gasteiger partial charge on any atom is -0.373 e. The number of hydrogen-bond donors (Lipinski definition) is 1. The molecule has 0 spiro atoms. The van der Waals surface area contributed by atoms with E-state index < -0.39 is 5.54 Å². The predicted octanol–water partition coefficient (Wildman–Crippen LogP) is 4.57. The average Bonchev–Trinajstić information content (AvgIpc) is 2.40. The number of benzene rings is 1. The quantitative estimate of drug-likeness (QED) is 0.819. The summed E-state index contributed by atoms with van der Waals surface area (Å²) < 4.78 is 0.783. The smallest absolute Gasteiger partial charge is 0.189 e. The van der Waals surface area contributed by atoms with Crippen molar-refractivity contribution in [1.82, 2.24) is 4.98 Å². The van der Waals surface area contributed by atoms with E-state index in [1.807, 2.05) is 26.0 Å². The van der Waals surface area contributed by atoms with Gasteiger partial charge in [0.1, 0.15) is 0 Å². The van der Waals surface area contributed by atoms with Gasteiger partial charge in [0.2, 0.25) is 0 Å². The maximum absolute atomic E-state index is 12.5. The molecule has 0 unspecified atom stereocenters. The molecule has 104 valence electrons. The van der Waals surface area contributed by atoms with Crippen LogP contribution in [0.5, 0.6) is 0 Å². The summed E-state index contributed by atoms with van der Waals surface area (Å²) in [4.78, 5) is 16.6. The number of halogens is 2. The Morgan fingerprint density at radius 3 is 2.50 bits per heavy atom. The number of anilines is 1. The largest absolute Gasteiger partial charge is 0.373 e. The highest BCUT2D eigenvalue weighted by atomic mass is 79.9. The lowest BCUT2D eigenvalue weighted by Crippen LogP contribution is -2.40. The zero-order valence-electron chi connectivity index (χ0n) is 11.2. The Bertz CT molecular complexity index is 626. The Morgan fingerprint density at radius 1 is 1.25 bits per heavy atom. The molecular weight excluding hydrogens is 340 g/mol. The van der Waals surface area contributed by atoms with Crippen LogP contribution in [0.2, 0.25) is 5.02 Å². The van der Waals surface area contributed by atoms with E-state index in [9.17, 15) is 4.79 Å². The highest BCUT2D eigenvalue weighted by molar-refractivity contribution is 9.10. The maximum Gasteiger partial charge on any atom is 0.189 e. The van der Waals surface area contributed by atoms with Crippen LogP contribution in [0.15, 0.2) is 47.2 Å². The normalized spacial score (nSPS) is 11.2. The minimum atomic E-state index is -0.740. The number of carbonyl (C=O) groups is 1. The first-order valence-corrected chi connectivity index (χ1v) is 7.25. The van der Waals surface area contributed by atoms with E-state index in [0.717, 1.165) is 10.2 Å². The fourth-order valence-electron chi connectivity index (χ4n) is 1.85. The van der Waals surface area contributed by atoms with Crippen molar-refractivity contribution < 1.29 is 4.79 Å². The Kier molecular flexibility index (Phi) is 4.45. The molecule has 0 radical (unpaired) electrons. The van der Waals surface area contributed by atoms with Crippen LogP contribution in [0.25, 0.3) is 0 Å². The number of carbonyl (C=O) groups excluding carboxylic acids is 1. The summed E-state index contributed by atoms with van der Waals surface area (Å²) in [5.74, 6) is -0.0266. The summed E-state index contributed by atoms with van der Waals surface area (Å²) in [5.41, 5.74) is 0.664. The van der Waals surface area contributed by atoms with Gasteiger partial charge in [-0.05, 0) is 60.1 Å². The lowest BCUT2D eigenvalue weighted by molar-refractivity contribution is 0.0926. The van der Waals surface area contributed by atoms with Gasteiger partial charge in [-0.3, -0.25) is 9.78 Å². The van der Waals surface area contributed by atoms with Crippen LogP contribution < -0.4 is 5.32 Å². The molecule has 0 bridgehead atoms. The lowest BCUT2D eigenvalue weighted by atomic mass is 9.93. The Hall–Kier alpha value is -1.39. The molecule has 0 aliphatic heterocycles. The van der Waals surface area contributed by atoms with Gasteiger partial charge in [-0.15, -0.1) is 0 Å². The van der Waals surface area contributed by atoms with Crippen LogP contribution in [0.3, 0.4) is 0 Å². The van der Waals surface area contributed by atoms with Gasteiger partial charge in [0.25, 0.3) is 0 Å². The van der Waals surface area contributed by atoms with E-state index in [1.165, 1.54) is 0 Å². The summed E-state index contributed by atoms with van der Waals surface area (Å²) in [6.45, 7) is 3.68. The molecule has 0 aliphatic rings. The molecule has 0 fully saturated rings. The van der Waals surface area contributed by atoms with Crippen LogP contribution >= 0.6 is 27.5 Å². The number of nitrogens with one attached hydrogen (secondary N) is 1. The predicted molar refractivity (Wildman–Crippen MR) is 85.4 cm³/mol.